The van der Waals surface area contributed by atoms with Gasteiger partial charge in [0.2, 0.25) is 5.88 Å². The summed E-state index contributed by atoms with van der Waals surface area (Å²) in [5.41, 5.74) is 1.49. The fraction of sp³-hybridized carbons (Fsp3) is 0.312. The van der Waals surface area contributed by atoms with Gasteiger partial charge in [-0.2, -0.15) is 0 Å². The minimum Gasteiger partial charge on any atom is -0.439 e. The SMILES string of the molecule is Cc1cc(Oc2ncc(Br)cc2CNC(C)C)ccc1F. The zero-order chi connectivity index (χ0) is 15.4. The summed E-state index contributed by atoms with van der Waals surface area (Å²) in [5, 5.41) is 3.33. The molecule has 0 spiro atoms. The normalized spacial score (nSPS) is 11.0. The van der Waals surface area contributed by atoms with Crippen molar-refractivity contribution in [3.05, 3.63) is 51.9 Å². The molecule has 2 rings (SSSR count). The summed E-state index contributed by atoms with van der Waals surface area (Å²) in [7, 11) is 0. The molecule has 0 aliphatic heterocycles. The molecule has 0 saturated carbocycles. The summed E-state index contributed by atoms with van der Waals surface area (Å²) >= 11 is 3.41. The van der Waals surface area contributed by atoms with Gasteiger partial charge in [0, 0.05) is 28.8 Å². The number of hydrogen-bond donors (Lipinski definition) is 1. The van der Waals surface area contributed by atoms with Crippen molar-refractivity contribution in [2.45, 2.75) is 33.4 Å². The Kier molecular flexibility index (Phi) is 5.31. The van der Waals surface area contributed by atoms with Crippen LogP contribution < -0.4 is 10.1 Å². The van der Waals surface area contributed by atoms with Crippen molar-refractivity contribution in [3.63, 3.8) is 0 Å². The van der Waals surface area contributed by atoms with E-state index in [2.05, 4.69) is 40.1 Å². The Hall–Kier alpha value is -1.46. The molecule has 0 aliphatic carbocycles. The topological polar surface area (TPSA) is 34.1 Å². The molecule has 1 aromatic carbocycles. The number of benzene rings is 1. The van der Waals surface area contributed by atoms with E-state index < -0.39 is 0 Å². The van der Waals surface area contributed by atoms with Crippen LogP contribution in [0.15, 0.2) is 34.9 Å². The molecule has 0 bridgehead atoms. The number of nitrogens with one attached hydrogen (secondary N) is 1. The molecular weight excluding hydrogens is 335 g/mol. The van der Waals surface area contributed by atoms with Crippen LogP contribution in [0.5, 0.6) is 11.6 Å². The number of aromatic nitrogens is 1. The highest BCUT2D eigenvalue weighted by Crippen LogP contribution is 2.26. The van der Waals surface area contributed by atoms with Gasteiger partial charge in [-0.05, 0) is 52.7 Å². The van der Waals surface area contributed by atoms with Gasteiger partial charge < -0.3 is 10.1 Å². The van der Waals surface area contributed by atoms with Crippen LogP contribution in [-0.4, -0.2) is 11.0 Å². The van der Waals surface area contributed by atoms with Crippen LogP contribution in [0.25, 0.3) is 0 Å². The summed E-state index contributed by atoms with van der Waals surface area (Å²) < 4.78 is 20.0. The van der Waals surface area contributed by atoms with Gasteiger partial charge in [0.25, 0.3) is 0 Å². The molecule has 1 heterocycles. The first-order valence-corrected chi connectivity index (χ1v) is 7.57. The third-order valence-electron chi connectivity index (χ3n) is 2.94. The lowest BCUT2D eigenvalue weighted by Crippen LogP contribution is -2.22. The molecule has 0 amide bonds. The van der Waals surface area contributed by atoms with Crippen LogP contribution in [-0.2, 0) is 6.54 Å². The first-order chi connectivity index (χ1) is 9.95. The Morgan fingerprint density at radius 2 is 2.10 bits per heavy atom. The second kappa shape index (κ2) is 7.00. The number of aryl methyl sites for hydroxylation is 1. The molecule has 0 unspecified atom stereocenters. The van der Waals surface area contributed by atoms with E-state index in [0.29, 0.717) is 29.8 Å². The first kappa shape index (κ1) is 15.9. The van der Waals surface area contributed by atoms with Crippen LogP contribution >= 0.6 is 15.9 Å². The molecular formula is C16H18BrFN2O. The summed E-state index contributed by atoms with van der Waals surface area (Å²) in [5.74, 6) is 0.861. The second-order valence-corrected chi connectivity index (χ2v) is 6.08. The minimum absolute atomic E-state index is 0.243. The Bertz CT molecular complexity index is 632. The molecule has 0 radical (unpaired) electrons. The van der Waals surface area contributed by atoms with Crippen molar-refractivity contribution >= 4 is 15.9 Å². The summed E-state index contributed by atoms with van der Waals surface area (Å²) in [6.07, 6.45) is 1.69. The number of rotatable bonds is 5. The highest BCUT2D eigenvalue weighted by molar-refractivity contribution is 9.10. The van der Waals surface area contributed by atoms with E-state index in [1.807, 2.05) is 6.07 Å². The summed E-state index contributed by atoms with van der Waals surface area (Å²) in [4.78, 5) is 4.30. The molecule has 0 saturated heterocycles. The van der Waals surface area contributed by atoms with Crippen molar-refractivity contribution in [3.8, 4) is 11.6 Å². The summed E-state index contributed by atoms with van der Waals surface area (Å²) in [6, 6.07) is 7.00. The van der Waals surface area contributed by atoms with Gasteiger partial charge in [0.15, 0.2) is 0 Å². The van der Waals surface area contributed by atoms with Crippen molar-refractivity contribution in [2.75, 3.05) is 0 Å². The van der Waals surface area contributed by atoms with E-state index in [0.717, 1.165) is 10.0 Å². The van der Waals surface area contributed by atoms with E-state index in [4.69, 9.17) is 4.74 Å². The highest BCUT2D eigenvalue weighted by Gasteiger charge is 2.09. The van der Waals surface area contributed by atoms with Gasteiger partial charge >= 0.3 is 0 Å². The largest absolute Gasteiger partial charge is 0.439 e. The van der Waals surface area contributed by atoms with Crippen LogP contribution in [0.4, 0.5) is 4.39 Å². The zero-order valence-electron chi connectivity index (χ0n) is 12.3. The van der Waals surface area contributed by atoms with Crippen molar-refractivity contribution in [1.82, 2.24) is 10.3 Å². The average Bonchev–Trinajstić information content (AvgIpc) is 2.43. The standard InChI is InChI=1S/C16H18BrFN2O/c1-10(2)19-8-12-7-13(17)9-20-16(12)21-14-4-5-15(18)11(3)6-14/h4-7,9-10,19H,8H2,1-3H3. The number of ether oxygens (including phenoxy) is 1. The van der Waals surface area contributed by atoms with Gasteiger partial charge in [-0.25, -0.2) is 9.37 Å². The van der Waals surface area contributed by atoms with Crippen LogP contribution in [0.3, 0.4) is 0 Å². The number of hydrogen-bond acceptors (Lipinski definition) is 3. The molecule has 0 aliphatic rings. The number of pyridine rings is 1. The van der Waals surface area contributed by atoms with Crippen molar-refractivity contribution in [1.29, 1.82) is 0 Å². The third-order valence-corrected chi connectivity index (χ3v) is 3.37. The predicted octanol–water partition coefficient (Wildman–Crippen LogP) is 4.58. The van der Waals surface area contributed by atoms with Gasteiger partial charge in [0.05, 0.1) is 0 Å². The maximum absolute atomic E-state index is 13.3. The predicted molar refractivity (Wildman–Crippen MR) is 85.1 cm³/mol. The van der Waals surface area contributed by atoms with E-state index in [1.54, 1.807) is 25.3 Å². The highest BCUT2D eigenvalue weighted by atomic mass is 79.9. The quantitative estimate of drug-likeness (QED) is 0.854. The lowest BCUT2D eigenvalue weighted by Gasteiger charge is -2.13. The fourth-order valence-electron chi connectivity index (χ4n) is 1.79. The maximum atomic E-state index is 13.3. The van der Waals surface area contributed by atoms with Crippen molar-refractivity contribution in [2.24, 2.45) is 0 Å². The Labute approximate surface area is 132 Å². The van der Waals surface area contributed by atoms with Crippen molar-refractivity contribution < 1.29 is 9.13 Å². The van der Waals surface area contributed by atoms with E-state index in [-0.39, 0.29) is 5.82 Å². The molecule has 0 atom stereocenters. The molecule has 0 fully saturated rings. The van der Waals surface area contributed by atoms with Gasteiger partial charge in [0.1, 0.15) is 11.6 Å². The minimum atomic E-state index is -0.243. The van der Waals surface area contributed by atoms with E-state index in [1.165, 1.54) is 6.07 Å². The molecule has 1 N–H and O–H groups in total. The van der Waals surface area contributed by atoms with Gasteiger partial charge in [-0.3, -0.25) is 0 Å². The van der Waals surface area contributed by atoms with Crippen LogP contribution in [0.1, 0.15) is 25.0 Å². The average molecular weight is 353 g/mol. The second-order valence-electron chi connectivity index (χ2n) is 5.17. The van der Waals surface area contributed by atoms with E-state index in [9.17, 15) is 4.39 Å². The molecule has 5 heteroatoms. The maximum Gasteiger partial charge on any atom is 0.223 e. The first-order valence-electron chi connectivity index (χ1n) is 6.77. The molecule has 1 aromatic heterocycles. The summed E-state index contributed by atoms with van der Waals surface area (Å²) in [6.45, 7) is 6.52. The Morgan fingerprint density at radius 1 is 1.33 bits per heavy atom. The smallest absolute Gasteiger partial charge is 0.223 e. The molecule has 2 aromatic rings. The van der Waals surface area contributed by atoms with Crippen LogP contribution in [0, 0.1) is 12.7 Å². The number of halogens is 2. The zero-order valence-corrected chi connectivity index (χ0v) is 13.9. The third kappa shape index (κ3) is 4.51. The lowest BCUT2D eigenvalue weighted by atomic mass is 10.2. The Balaban J connectivity index is 2.23. The fourth-order valence-corrected chi connectivity index (χ4v) is 2.17. The van der Waals surface area contributed by atoms with Crippen LogP contribution in [0.2, 0.25) is 0 Å². The Morgan fingerprint density at radius 3 is 2.76 bits per heavy atom. The monoisotopic (exact) mass is 352 g/mol. The number of nitrogens with zero attached hydrogens (tertiary/aromatic N) is 1. The van der Waals surface area contributed by atoms with Gasteiger partial charge in [-0.1, -0.05) is 13.8 Å². The van der Waals surface area contributed by atoms with E-state index >= 15 is 0 Å². The van der Waals surface area contributed by atoms with Gasteiger partial charge in [-0.15, -0.1) is 0 Å². The molecule has 3 nitrogen and oxygen atoms in total. The molecule has 112 valence electrons. The lowest BCUT2D eigenvalue weighted by molar-refractivity contribution is 0.448. The molecule has 21 heavy (non-hydrogen) atoms.